The van der Waals surface area contributed by atoms with Gasteiger partial charge in [0.1, 0.15) is 5.75 Å². The lowest BCUT2D eigenvalue weighted by Gasteiger charge is -2.30. The molecule has 1 atom stereocenters. The SMILES string of the molecule is CCCOc1ccc([C@H]2C(C(=O)OCC)=C(C)Nc3nc4ccccc4n32)cc1. The molecule has 1 aliphatic rings. The van der Waals surface area contributed by atoms with Gasteiger partial charge in [0.05, 0.1) is 35.9 Å². The molecule has 1 aromatic heterocycles. The Morgan fingerprint density at radius 1 is 1.14 bits per heavy atom. The van der Waals surface area contributed by atoms with E-state index in [4.69, 9.17) is 14.5 Å². The van der Waals surface area contributed by atoms with Crippen molar-refractivity contribution in [3.05, 3.63) is 65.4 Å². The van der Waals surface area contributed by atoms with Crippen LogP contribution >= 0.6 is 0 Å². The molecule has 0 saturated heterocycles. The van der Waals surface area contributed by atoms with Crippen LogP contribution in [0.5, 0.6) is 5.75 Å². The Hall–Kier alpha value is -3.28. The number of aromatic nitrogens is 2. The Balaban J connectivity index is 1.85. The maximum absolute atomic E-state index is 12.9. The number of carbonyl (C=O) groups excluding carboxylic acids is 1. The van der Waals surface area contributed by atoms with Crippen LogP contribution in [0, 0.1) is 0 Å². The van der Waals surface area contributed by atoms with Gasteiger partial charge >= 0.3 is 5.97 Å². The zero-order valence-electron chi connectivity index (χ0n) is 16.9. The van der Waals surface area contributed by atoms with E-state index in [1.165, 1.54) is 0 Å². The minimum absolute atomic E-state index is 0.322. The molecular weight excluding hydrogens is 366 g/mol. The van der Waals surface area contributed by atoms with Crippen molar-refractivity contribution in [1.29, 1.82) is 0 Å². The molecule has 0 unspecified atom stereocenters. The second-order valence-electron chi connectivity index (χ2n) is 7.00. The molecular formula is C23H25N3O3. The molecule has 2 heterocycles. The maximum atomic E-state index is 12.9. The van der Waals surface area contributed by atoms with Crippen LogP contribution in [0.15, 0.2) is 59.8 Å². The summed E-state index contributed by atoms with van der Waals surface area (Å²) >= 11 is 0. The van der Waals surface area contributed by atoms with E-state index in [0.717, 1.165) is 34.5 Å². The van der Waals surface area contributed by atoms with Crippen LogP contribution in [-0.4, -0.2) is 28.7 Å². The number of carbonyl (C=O) groups is 1. The Morgan fingerprint density at radius 3 is 2.62 bits per heavy atom. The minimum Gasteiger partial charge on any atom is -0.494 e. The molecule has 1 N–H and O–H groups in total. The summed E-state index contributed by atoms with van der Waals surface area (Å²) in [7, 11) is 0. The number of nitrogens with zero attached hydrogens (tertiary/aromatic N) is 2. The van der Waals surface area contributed by atoms with Crippen LogP contribution in [0.2, 0.25) is 0 Å². The van der Waals surface area contributed by atoms with Crippen LogP contribution in [0.25, 0.3) is 11.0 Å². The zero-order chi connectivity index (χ0) is 20.4. The van der Waals surface area contributed by atoms with Crippen molar-refractivity contribution < 1.29 is 14.3 Å². The van der Waals surface area contributed by atoms with Crippen molar-refractivity contribution in [2.75, 3.05) is 18.5 Å². The van der Waals surface area contributed by atoms with Crippen LogP contribution < -0.4 is 10.1 Å². The quantitative estimate of drug-likeness (QED) is 0.618. The first kappa shape index (κ1) is 19.1. The first-order valence-corrected chi connectivity index (χ1v) is 9.98. The first-order valence-electron chi connectivity index (χ1n) is 9.98. The molecule has 0 spiro atoms. The van der Waals surface area contributed by atoms with Crippen molar-refractivity contribution in [2.24, 2.45) is 0 Å². The number of ether oxygens (including phenoxy) is 2. The highest BCUT2D eigenvalue weighted by Crippen LogP contribution is 2.39. The number of para-hydroxylation sites is 2. The summed E-state index contributed by atoms with van der Waals surface area (Å²) in [5.41, 5.74) is 4.15. The zero-order valence-corrected chi connectivity index (χ0v) is 16.9. The largest absolute Gasteiger partial charge is 0.494 e. The third kappa shape index (κ3) is 3.46. The molecule has 3 aromatic rings. The predicted octanol–water partition coefficient (Wildman–Crippen LogP) is 4.68. The van der Waals surface area contributed by atoms with E-state index in [1.807, 2.05) is 62.4 Å². The van der Waals surface area contributed by atoms with Gasteiger partial charge in [0.25, 0.3) is 0 Å². The molecule has 150 valence electrons. The van der Waals surface area contributed by atoms with Crippen molar-refractivity contribution in [1.82, 2.24) is 9.55 Å². The molecule has 6 heteroatoms. The number of rotatable bonds is 6. The number of imidazole rings is 1. The van der Waals surface area contributed by atoms with E-state index in [2.05, 4.69) is 16.8 Å². The van der Waals surface area contributed by atoms with Crippen molar-refractivity contribution >= 4 is 23.0 Å². The topological polar surface area (TPSA) is 65.4 Å². The van der Waals surface area contributed by atoms with Crippen LogP contribution in [0.1, 0.15) is 38.8 Å². The van der Waals surface area contributed by atoms with Crippen molar-refractivity contribution in [3.63, 3.8) is 0 Å². The molecule has 0 aliphatic carbocycles. The summed E-state index contributed by atoms with van der Waals surface area (Å²) in [5, 5.41) is 3.28. The van der Waals surface area contributed by atoms with Crippen molar-refractivity contribution in [2.45, 2.75) is 33.2 Å². The van der Waals surface area contributed by atoms with Gasteiger partial charge in [-0.15, -0.1) is 0 Å². The number of anilines is 1. The Kier molecular flexibility index (Phi) is 5.25. The van der Waals surface area contributed by atoms with E-state index in [0.29, 0.717) is 24.7 Å². The second kappa shape index (κ2) is 7.99. The molecule has 2 aromatic carbocycles. The lowest BCUT2D eigenvalue weighted by atomic mass is 9.95. The summed E-state index contributed by atoms with van der Waals surface area (Å²) in [5.74, 6) is 1.21. The number of nitrogens with one attached hydrogen (secondary N) is 1. The van der Waals surface area contributed by atoms with E-state index < -0.39 is 0 Å². The lowest BCUT2D eigenvalue weighted by molar-refractivity contribution is -0.139. The predicted molar refractivity (Wildman–Crippen MR) is 113 cm³/mol. The van der Waals surface area contributed by atoms with Gasteiger partial charge in [0.2, 0.25) is 5.95 Å². The average molecular weight is 391 g/mol. The summed E-state index contributed by atoms with van der Waals surface area (Å²) in [4.78, 5) is 17.6. The number of benzene rings is 2. The molecule has 0 fully saturated rings. The van der Waals surface area contributed by atoms with E-state index in [9.17, 15) is 4.79 Å². The van der Waals surface area contributed by atoms with Crippen LogP contribution in [0.3, 0.4) is 0 Å². The third-order valence-electron chi connectivity index (χ3n) is 4.99. The number of fused-ring (bicyclic) bond motifs is 3. The Labute approximate surface area is 170 Å². The summed E-state index contributed by atoms with van der Waals surface area (Å²) in [6.45, 7) is 6.78. The molecule has 0 bridgehead atoms. The standard InChI is InChI=1S/C23H25N3O3/c1-4-14-29-17-12-10-16(11-13-17)21-20(22(27)28-5-2)15(3)24-23-25-18-8-6-7-9-19(18)26(21)23/h6-13,21H,4-5,14H2,1-3H3,(H,24,25)/t21-/m0/s1. The van der Waals surface area contributed by atoms with Crippen molar-refractivity contribution in [3.8, 4) is 5.75 Å². The molecule has 0 saturated carbocycles. The summed E-state index contributed by atoms with van der Waals surface area (Å²) < 4.78 is 13.2. The minimum atomic E-state index is -0.335. The highest BCUT2D eigenvalue weighted by molar-refractivity contribution is 5.94. The monoisotopic (exact) mass is 391 g/mol. The third-order valence-corrected chi connectivity index (χ3v) is 4.99. The molecule has 6 nitrogen and oxygen atoms in total. The number of hydrogen-bond acceptors (Lipinski definition) is 5. The number of allylic oxidation sites excluding steroid dienone is 1. The van der Waals surface area contributed by atoms with E-state index in [-0.39, 0.29) is 12.0 Å². The molecule has 4 rings (SSSR count). The lowest BCUT2D eigenvalue weighted by Crippen LogP contribution is -2.29. The van der Waals surface area contributed by atoms with Crippen LogP contribution in [0.4, 0.5) is 5.95 Å². The van der Waals surface area contributed by atoms with Gasteiger partial charge in [-0.3, -0.25) is 4.57 Å². The van der Waals surface area contributed by atoms with Gasteiger partial charge in [-0.2, -0.15) is 0 Å². The molecule has 0 radical (unpaired) electrons. The number of hydrogen-bond donors (Lipinski definition) is 1. The molecule has 29 heavy (non-hydrogen) atoms. The smallest absolute Gasteiger partial charge is 0.338 e. The van der Waals surface area contributed by atoms with Crippen LogP contribution in [-0.2, 0) is 9.53 Å². The second-order valence-corrected chi connectivity index (χ2v) is 7.00. The summed E-state index contributed by atoms with van der Waals surface area (Å²) in [6.07, 6.45) is 0.954. The van der Waals surface area contributed by atoms with Gasteiger partial charge in [-0.1, -0.05) is 31.2 Å². The fourth-order valence-corrected chi connectivity index (χ4v) is 3.72. The highest BCUT2D eigenvalue weighted by atomic mass is 16.5. The molecule has 1 aliphatic heterocycles. The van der Waals surface area contributed by atoms with Gasteiger partial charge < -0.3 is 14.8 Å². The van der Waals surface area contributed by atoms with E-state index >= 15 is 0 Å². The van der Waals surface area contributed by atoms with Gasteiger partial charge in [0, 0.05) is 5.70 Å². The fourth-order valence-electron chi connectivity index (χ4n) is 3.72. The van der Waals surface area contributed by atoms with Gasteiger partial charge in [-0.25, -0.2) is 9.78 Å². The Morgan fingerprint density at radius 2 is 1.90 bits per heavy atom. The average Bonchev–Trinajstić information content (AvgIpc) is 3.09. The number of esters is 1. The molecule has 0 amide bonds. The van der Waals surface area contributed by atoms with Gasteiger partial charge in [0.15, 0.2) is 0 Å². The maximum Gasteiger partial charge on any atom is 0.338 e. The fraction of sp³-hybridized carbons (Fsp3) is 0.304. The highest BCUT2D eigenvalue weighted by Gasteiger charge is 2.34. The normalized spacial score (nSPS) is 15.8. The Bertz CT molecular complexity index is 1070. The summed E-state index contributed by atoms with van der Waals surface area (Å²) in [6, 6.07) is 15.5. The van der Waals surface area contributed by atoms with E-state index in [1.54, 1.807) is 0 Å². The van der Waals surface area contributed by atoms with Gasteiger partial charge in [-0.05, 0) is 50.1 Å². The first-order chi connectivity index (χ1) is 14.1.